The molecule has 0 fully saturated rings. The lowest BCUT2D eigenvalue weighted by Crippen LogP contribution is -2.02. The Bertz CT molecular complexity index is 910. The number of aromatic nitrogens is 2. The Kier molecular flexibility index (Phi) is 3.85. The van der Waals surface area contributed by atoms with E-state index in [2.05, 4.69) is 39.7 Å². The van der Waals surface area contributed by atoms with Crippen LogP contribution in [0, 0.1) is 13.8 Å². The lowest BCUT2D eigenvalue weighted by molar-refractivity contribution is 0.174. The van der Waals surface area contributed by atoms with Crippen molar-refractivity contribution in [1.29, 1.82) is 0 Å². The highest BCUT2D eigenvalue weighted by Crippen LogP contribution is 2.34. The van der Waals surface area contributed by atoms with Crippen molar-refractivity contribution in [3.05, 3.63) is 59.8 Å². The number of nitrogens with zero attached hydrogens (tertiary/aromatic N) is 2. The van der Waals surface area contributed by atoms with Gasteiger partial charge in [0.2, 0.25) is 12.7 Å². The highest BCUT2D eigenvalue weighted by Gasteiger charge is 2.13. The maximum atomic E-state index is 5.40. The molecule has 0 saturated carbocycles. The van der Waals surface area contributed by atoms with Gasteiger partial charge in [-0.1, -0.05) is 17.7 Å². The van der Waals surface area contributed by atoms with Crippen molar-refractivity contribution in [3.8, 4) is 11.5 Å². The third-order valence-electron chi connectivity index (χ3n) is 3.81. The van der Waals surface area contributed by atoms with E-state index in [1.54, 1.807) is 0 Å². The molecule has 0 aliphatic carbocycles. The largest absolute Gasteiger partial charge is 0.454 e. The van der Waals surface area contributed by atoms with Gasteiger partial charge in [0.15, 0.2) is 11.5 Å². The summed E-state index contributed by atoms with van der Waals surface area (Å²) < 4.78 is 10.7. The molecule has 0 saturated heterocycles. The molecule has 6 heteroatoms. The first-order chi connectivity index (χ1) is 12.2. The van der Waals surface area contributed by atoms with Crippen molar-refractivity contribution in [3.63, 3.8) is 0 Å². The zero-order chi connectivity index (χ0) is 17.2. The minimum Gasteiger partial charge on any atom is -0.454 e. The summed E-state index contributed by atoms with van der Waals surface area (Å²) in [5, 5.41) is 6.52. The fourth-order valence-electron chi connectivity index (χ4n) is 2.58. The second kappa shape index (κ2) is 6.32. The van der Waals surface area contributed by atoms with Gasteiger partial charge in [0.05, 0.1) is 0 Å². The van der Waals surface area contributed by atoms with Crippen molar-refractivity contribution in [2.24, 2.45) is 0 Å². The number of hydrogen-bond acceptors (Lipinski definition) is 6. The van der Waals surface area contributed by atoms with Crippen LogP contribution in [0.2, 0.25) is 0 Å². The molecule has 126 valence electrons. The monoisotopic (exact) mass is 334 g/mol. The molecule has 0 amide bonds. The van der Waals surface area contributed by atoms with Crippen LogP contribution in [-0.2, 0) is 0 Å². The SMILES string of the molecule is Cc1ccc(Nc2cc(C)nc(Nc3ccc4c(c3)OCO4)n2)cc1. The number of benzene rings is 2. The average molecular weight is 334 g/mol. The van der Waals surface area contributed by atoms with Crippen molar-refractivity contribution in [1.82, 2.24) is 9.97 Å². The minimum absolute atomic E-state index is 0.254. The van der Waals surface area contributed by atoms with E-state index in [-0.39, 0.29) is 6.79 Å². The number of rotatable bonds is 4. The van der Waals surface area contributed by atoms with Crippen molar-refractivity contribution in [2.75, 3.05) is 17.4 Å². The van der Waals surface area contributed by atoms with Gasteiger partial charge in [-0.25, -0.2) is 4.98 Å². The molecule has 0 unspecified atom stereocenters. The van der Waals surface area contributed by atoms with Crippen LogP contribution in [0.3, 0.4) is 0 Å². The first-order valence-electron chi connectivity index (χ1n) is 8.02. The molecule has 0 radical (unpaired) electrons. The lowest BCUT2D eigenvalue weighted by atomic mass is 10.2. The second-order valence-electron chi connectivity index (χ2n) is 5.90. The van der Waals surface area contributed by atoms with E-state index in [1.165, 1.54) is 5.56 Å². The Labute approximate surface area is 145 Å². The Morgan fingerprint density at radius 2 is 1.56 bits per heavy atom. The molecule has 1 aromatic heterocycles. The summed E-state index contributed by atoms with van der Waals surface area (Å²) in [5.41, 5.74) is 3.91. The zero-order valence-corrected chi connectivity index (χ0v) is 14.0. The number of ether oxygens (including phenoxy) is 2. The van der Waals surface area contributed by atoms with Gasteiger partial charge in [0.1, 0.15) is 5.82 Å². The first kappa shape index (κ1) is 15.3. The van der Waals surface area contributed by atoms with E-state index in [0.29, 0.717) is 5.95 Å². The quantitative estimate of drug-likeness (QED) is 0.741. The average Bonchev–Trinajstić information content (AvgIpc) is 3.04. The van der Waals surface area contributed by atoms with Gasteiger partial charge in [-0.2, -0.15) is 4.98 Å². The molecule has 25 heavy (non-hydrogen) atoms. The third kappa shape index (κ3) is 3.47. The number of aryl methyl sites for hydroxylation is 2. The Balaban J connectivity index is 1.56. The Hall–Kier alpha value is -3.28. The van der Waals surface area contributed by atoms with E-state index in [4.69, 9.17) is 9.47 Å². The predicted molar refractivity (Wildman–Crippen MR) is 97.1 cm³/mol. The fraction of sp³-hybridized carbons (Fsp3) is 0.158. The van der Waals surface area contributed by atoms with Crippen LogP contribution in [0.4, 0.5) is 23.1 Å². The van der Waals surface area contributed by atoms with Crippen molar-refractivity contribution < 1.29 is 9.47 Å². The standard InChI is InChI=1S/C19H18N4O2/c1-12-3-5-14(6-4-12)21-18-9-13(2)20-19(23-18)22-15-7-8-16-17(10-15)25-11-24-16/h3-10H,11H2,1-2H3,(H2,20,21,22,23). The molecular weight excluding hydrogens is 316 g/mol. The van der Waals surface area contributed by atoms with Gasteiger partial charge in [-0.3, -0.25) is 0 Å². The molecule has 2 N–H and O–H groups in total. The highest BCUT2D eigenvalue weighted by molar-refractivity contribution is 5.63. The van der Waals surface area contributed by atoms with E-state index in [1.807, 2.05) is 43.3 Å². The second-order valence-corrected chi connectivity index (χ2v) is 5.90. The summed E-state index contributed by atoms with van der Waals surface area (Å²) in [4.78, 5) is 8.98. The van der Waals surface area contributed by atoms with Crippen LogP contribution in [0.5, 0.6) is 11.5 Å². The molecule has 4 rings (SSSR count). The molecule has 1 aliphatic heterocycles. The van der Waals surface area contributed by atoms with Crippen LogP contribution < -0.4 is 20.1 Å². The number of hydrogen-bond donors (Lipinski definition) is 2. The normalized spacial score (nSPS) is 12.1. The van der Waals surface area contributed by atoms with Gasteiger partial charge < -0.3 is 20.1 Å². The molecule has 0 spiro atoms. The first-order valence-corrected chi connectivity index (χ1v) is 8.02. The van der Waals surface area contributed by atoms with Crippen LogP contribution in [0.1, 0.15) is 11.3 Å². The summed E-state index contributed by atoms with van der Waals surface area (Å²) in [7, 11) is 0. The van der Waals surface area contributed by atoms with Gasteiger partial charge in [-0.15, -0.1) is 0 Å². The topological polar surface area (TPSA) is 68.3 Å². The molecule has 3 aromatic rings. The summed E-state index contributed by atoms with van der Waals surface area (Å²) in [6.07, 6.45) is 0. The highest BCUT2D eigenvalue weighted by atomic mass is 16.7. The maximum Gasteiger partial charge on any atom is 0.231 e. The van der Waals surface area contributed by atoms with Gasteiger partial charge in [-0.05, 0) is 38.1 Å². The van der Waals surface area contributed by atoms with Gasteiger partial charge in [0.25, 0.3) is 0 Å². The van der Waals surface area contributed by atoms with Crippen molar-refractivity contribution >= 4 is 23.1 Å². The summed E-state index contributed by atoms with van der Waals surface area (Å²) in [6.45, 7) is 4.25. The fourth-order valence-corrected chi connectivity index (χ4v) is 2.58. The van der Waals surface area contributed by atoms with Gasteiger partial charge >= 0.3 is 0 Å². The van der Waals surface area contributed by atoms with Crippen LogP contribution in [-0.4, -0.2) is 16.8 Å². The molecule has 2 heterocycles. The Morgan fingerprint density at radius 3 is 2.40 bits per heavy atom. The van der Waals surface area contributed by atoms with E-state index in [9.17, 15) is 0 Å². The molecule has 6 nitrogen and oxygen atoms in total. The van der Waals surface area contributed by atoms with Crippen LogP contribution >= 0.6 is 0 Å². The summed E-state index contributed by atoms with van der Waals surface area (Å²) in [5.74, 6) is 2.72. The molecule has 0 atom stereocenters. The summed E-state index contributed by atoms with van der Waals surface area (Å²) in [6, 6.07) is 15.7. The third-order valence-corrected chi connectivity index (χ3v) is 3.81. The van der Waals surface area contributed by atoms with Gasteiger partial charge in [0, 0.05) is 29.2 Å². The van der Waals surface area contributed by atoms with E-state index >= 15 is 0 Å². The molecular formula is C19H18N4O2. The molecule has 0 bridgehead atoms. The number of nitrogens with one attached hydrogen (secondary N) is 2. The van der Waals surface area contributed by atoms with Crippen LogP contribution in [0.25, 0.3) is 0 Å². The molecule has 1 aliphatic rings. The number of anilines is 4. The van der Waals surface area contributed by atoms with Crippen LogP contribution in [0.15, 0.2) is 48.5 Å². The van der Waals surface area contributed by atoms with E-state index in [0.717, 1.165) is 34.4 Å². The smallest absolute Gasteiger partial charge is 0.231 e. The Morgan fingerprint density at radius 1 is 0.800 bits per heavy atom. The van der Waals surface area contributed by atoms with Crippen molar-refractivity contribution in [2.45, 2.75) is 13.8 Å². The maximum absolute atomic E-state index is 5.40. The van der Waals surface area contributed by atoms with E-state index < -0.39 is 0 Å². The predicted octanol–water partition coefficient (Wildman–Crippen LogP) is 4.31. The lowest BCUT2D eigenvalue weighted by Gasteiger charge is -2.10. The number of fused-ring (bicyclic) bond motifs is 1. The minimum atomic E-state index is 0.254. The molecule has 2 aromatic carbocycles. The summed E-state index contributed by atoms with van der Waals surface area (Å²) >= 11 is 0. The zero-order valence-electron chi connectivity index (χ0n) is 14.0.